The number of benzene rings is 2. The van der Waals surface area contributed by atoms with Gasteiger partial charge in [-0.05, 0) is 55.8 Å². The lowest BCUT2D eigenvalue weighted by atomic mass is 10.0. The predicted octanol–water partition coefficient (Wildman–Crippen LogP) is 3.42. The highest BCUT2D eigenvalue weighted by molar-refractivity contribution is 5.99. The molecule has 0 radical (unpaired) electrons. The molecule has 1 saturated heterocycles. The van der Waals surface area contributed by atoms with Crippen LogP contribution in [0.3, 0.4) is 0 Å². The first-order valence-corrected chi connectivity index (χ1v) is 9.83. The van der Waals surface area contributed by atoms with Gasteiger partial charge >= 0.3 is 0 Å². The Morgan fingerprint density at radius 1 is 1.14 bits per heavy atom. The Hall–Kier alpha value is -2.79. The van der Waals surface area contributed by atoms with Gasteiger partial charge in [0.25, 0.3) is 5.91 Å². The molecular formula is C23H26N2O3. The van der Waals surface area contributed by atoms with E-state index in [0.29, 0.717) is 18.7 Å². The lowest BCUT2D eigenvalue weighted by Crippen LogP contribution is -2.38. The monoisotopic (exact) mass is 378 g/mol. The lowest BCUT2D eigenvalue weighted by Gasteiger charge is -2.28. The molecule has 5 nitrogen and oxygen atoms in total. The summed E-state index contributed by atoms with van der Waals surface area (Å²) in [5.41, 5.74) is 2.81. The van der Waals surface area contributed by atoms with E-state index in [0.717, 1.165) is 30.2 Å². The smallest absolute Gasteiger partial charge is 0.250 e. The van der Waals surface area contributed by atoms with Crippen LogP contribution in [0.4, 0.5) is 0 Å². The van der Waals surface area contributed by atoms with Crippen molar-refractivity contribution >= 4 is 12.0 Å². The molecule has 0 aromatic heterocycles. The maximum atomic E-state index is 12.8. The number of hydrogen-bond acceptors (Lipinski definition) is 4. The quantitative estimate of drug-likeness (QED) is 0.837. The molecular weight excluding hydrogens is 352 g/mol. The van der Waals surface area contributed by atoms with Crippen LogP contribution in [-0.4, -0.2) is 44.2 Å². The van der Waals surface area contributed by atoms with Crippen molar-refractivity contribution in [2.75, 3.05) is 33.4 Å². The van der Waals surface area contributed by atoms with Crippen molar-refractivity contribution < 1.29 is 14.3 Å². The van der Waals surface area contributed by atoms with Crippen molar-refractivity contribution in [3.05, 3.63) is 65.2 Å². The molecule has 0 spiro atoms. The second kappa shape index (κ2) is 8.48. The van der Waals surface area contributed by atoms with Crippen LogP contribution in [0.2, 0.25) is 0 Å². The molecule has 2 aliphatic heterocycles. The summed E-state index contributed by atoms with van der Waals surface area (Å²) in [6, 6.07) is 16.1. The van der Waals surface area contributed by atoms with Crippen molar-refractivity contribution in [3.8, 4) is 11.5 Å². The van der Waals surface area contributed by atoms with Crippen molar-refractivity contribution in [3.63, 3.8) is 0 Å². The molecule has 28 heavy (non-hydrogen) atoms. The van der Waals surface area contributed by atoms with Gasteiger partial charge in [0, 0.05) is 12.1 Å². The Morgan fingerprint density at radius 3 is 2.64 bits per heavy atom. The average molecular weight is 378 g/mol. The molecule has 0 bridgehead atoms. The Bertz CT molecular complexity index is 854. The molecule has 4 rings (SSSR count). The van der Waals surface area contributed by atoms with Crippen LogP contribution in [0.5, 0.6) is 11.5 Å². The number of nitrogens with one attached hydrogen (secondary N) is 1. The van der Waals surface area contributed by atoms with E-state index in [1.807, 2.05) is 42.5 Å². The minimum Gasteiger partial charge on any atom is -0.497 e. The highest BCUT2D eigenvalue weighted by Gasteiger charge is 2.25. The first-order valence-electron chi connectivity index (χ1n) is 9.83. The molecule has 0 aliphatic carbocycles. The zero-order valence-electron chi connectivity index (χ0n) is 16.2. The zero-order chi connectivity index (χ0) is 19.3. The number of likely N-dealkylation sites (tertiary alicyclic amines) is 1. The summed E-state index contributed by atoms with van der Waals surface area (Å²) in [5, 5.41) is 3.13. The van der Waals surface area contributed by atoms with Gasteiger partial charge in [-0.2, -0.15) is 0 Å². The SMILES string of the molecule is COc1ccc([C@@H](CNC(=O)C2=Cc3ccccc3OC2)N2CCCC2)cc1. The molecule has 0 unspecified atom stereocenters. The van der Waals surface area contributed by atoms with Crippen molar-refractivity contribution in [1.82, 2.24) is 10.2 Å². The summed E-state index contributed by atoms with van der Waals surface area (Å²) in [6.07, 6.45) is 4.33. The third-order valence-corrected chi connectivity index (χ3v) is 5.46. The van der Waals surface area contributed by atoms with E-state index in [2.05, 4.69) is 22.3 Å². The molecule has 1 atom stereocenters. The average Bonchev–Trinajstić information content (AvgIpc) is 3.28. The van der Waals surface area contributed by atoms with Crippen LogP contribution in [-0.2, 0) is 4.79 Å². The summed E-state index contributed by atoms with van der Waals surface area (Å²) < 4.78 is 11.0. The third-order valence-electron chi connectivity index (χ3n) is 5.46. The van der Waals surface area contributed by atoms with Gasteiger partial charge < -0.3 is 14.8 Å². The number of ether oxygens (including phenoxy) is 2. The Labute approximate surface area is 165 Å². The second-order valence-electron chi connectivity index (χ2n) is 7.24. The highest BCUT2D eigenvalue weighted by atomic mass is 16.5. The van der Waals surface area contributed by atoms with Crippen molar-refractivity contribution in [2.45, 2.75) is 18.9 Å². The molecule has 2 aliphatic rings. The first kappa shape index (κ1) is 18.6. The summed E-state index contributed by atoms with van der Waals surface area (Å²) in [4.78, 5) is 15.2. The van der Waals surface area contributed by atoms with Crippen LogP contribution in [0, 0.1) is 0 Å². The number of carbonyl (C=O) groups excluding carboxylic acids is 1. The number of methoxy groups -OCH3 is 1. The van der Waals surface area contributed by atoms with Gasteiger partial charge in [0.05, 0.1) is 18.7 Å². The van der Waals surface area contributed by atoms with Gasteiger partial charge in [-0.3, -0.25) is 9.69 Å². The molecule has 5 heteroatoms. The van der Waals surface area contributed by atoms with E-state index in [1.165, 1.54) is 18.4 Å². The second-order valence-corrected chi connectivity index (χ2v) is 7.24. The first-order chi connectivity index (χ1) is 13.7. The Kier molecular flexibility index (Phi) is 5.63. The predicted molar refractivity (Wildman–Crippen MR) is 109 cm³/mol. The number of carbonyl (C=O) groups is 1. The topological polar surface area (TPSA) is 50.8 Å². The molecule has 1 fully saturated rings. The summed E-state index contributed by atoms with van der Waals surface area (Å²) in [5.74, 6) is 1.61. The zero-order valence-corrected chi connectivity index (χ0v) is 16.2. The maximum absolute atomic E-state index is 12.8. The number of hydrogen-bond donors (Lipinski definition) is 1. The third kappa shape index (κ3) is 4.04. The van der Waals surface area contributed by atoms with Gasteiger partial charge in [0.1, 0.15) is 18.1 Å². The lowest BCUT2D eigenvalue weighted by molar-refractivity contribution is -0.118. The van der Waals surface area contributed by atoms with E-state index in [9.17, 15) is 4.79 Å². The number of rotatable bonds is 6. The van der Waals surface area contributed by atoms with Crippen LogP contribution >= 0.6 is 0 Å². The normalized spacial score (nSPS) is 17.2. The summed E-state index contributed by atoms with van der Waals surface area (Å²) >= 11 is 0. The van der Waals surface area contributed by atoms with Gasteiger partial charge in [-0.1, -0.05) is 30.3 Å². The summed E-state index contributed by atoms with van der Waals surface area (Å²) in [7, 11) is 1.67. The van der Waals surface area contributed by atoms with Crippen LogP contribution in [0.25, 0.3) is 6.08 Å². The number of amides is 1. The Balaban J connectivity index is 1.46. The van der Waals surface area contributed by atoms with Crippen LogP contribution in [0.15, 0.2) is 54.1 Å². The van der Waals surface area contributed by atoms with Gasteiger partial charge in [0.15, 0.2) is 0 Å². The van der Waals surface area contributed by atoms with Gasteiger partial charge in [-0.15, -0.1) is 0 Å². The fourth-order valence-electron chi connectivity index (χ4n) is 3.89. The fraction of sp³-hybridized carbons (Fsp3) is 0.348. The minimum absolute atomic E-state index is 0.0628. The molecule has 2 aromatic carbocycles. The largest absolute Gasteiger partial charge is 0.497 e. The standard InChI is InChI=1S/C23H26N2O3/c1-27-20-10-8-17(9-11-20)21(25-12-4-5-13-25)15-24-23(26)19-14-18-6-2-3-7-22(18)28-16-19/h2-3,6-11,14,21H,4-5,12-13,15-16H2,1H3,(H,24,26)/t21-/m1/s1. The fourth-order valence-corrected chi connectivity index (χ4v) is 3.89. The van der Waals surface area contributed by atoms with E-state index < -0.39 is 0 Å². The summed E-state index contributed by atoms with van der Waals surface area (Å²) in [6.45, 7) is 3.00. The van der Waals surface area contributed by atoms with Crippen LogP contribution in [0.1, 0.15) is 30.0 Å². The molecule has 0 saturated carbocycles. The molecule has 146 valence electrons. The van der Waals surface area contributed by atoms with E-state index in [-0.39, 0.29) is 11.9 Å². The molecule has 2 aromatic rings. The van der Waals surface area contributed by atoms with Crippen molar-refractivity contribution in [2.24, 2.45) is 0 Å². The molecule has 1 N–H and O–H groups in total. The minimum atomic E-state index is -0.0628. The van der Waals surface area contributed by atoms with E-state index >= 15 is 0 Å². The number of nitrogens with zero attached hydrogens (tertiary/aromatic N) is 1. The number of para-hydroxylation sites is 1. The van der Waals surface area contributed by atoms with Gasteiger partial charge in [-0.25, -0.2) is 0 Å². The van der Waals surface area contributed by atoms with Crippen LogP contribution < -0.4 is 14.8 Å². The number of fused-ring (bicyclic) bond motifs is 1. The van der Waals surface area contributed by atoms with E-state index in [4.69, 9.17) is 9.47 Å². The maximum Gasteiger partial charge on any atom is 0.250 e. The highest BCUT2D eigenvalue weighted by Crippen LogP contribution is 2.28. The molecule has 1 amide bonds. The van der Waals surface area contributed by atoms with Crippen molar-refractivity contribution in [1.29, 1.82) is 0 Å². The van der Waals surface area contributed by atoms with E-state index in [1.54, 1.807) is 7.11 Å². The Morgan fingerprint density at radius 2 is 1.89 bits per heavy atom. The van der Waals surface area contributed by atoms with Gasteiger partial charge in [0.2, 0.25) is 0 Å². The molecule has 2 heterocycles.